The highest BCUT2D eigenvalue weighted by Gasteiger charge is 2.23. The Labute approximate surface area is 193 Å². The molecule has 0 saturated carbocycles. The van der Waals surface area contributed by atoms with Gasteiger partial charge in [0, 0.05) is 46.5 Å². The molecule has 5 N–H and O–H groups in total. The zero-order valence-electron chi connectivity index (χ0n) is 18.6. The van der Waals surface area contributed by atoms with Gasteiger partial charge in [-0.1, -0.05) is 0 Å². The van der Waals surface area contributed by atoms with E-state index in [9.17, 15) is 29.7 Å². The van der Waals surface area contributed by atoms with Gasteiger partial charge in [0.15, 0.2) is 0 Å². The van der Waals surface area contributed by atoms with Crippen molar-refractivity contribution in [3.05, 3.63) is 69.2 Å². The van der Waals surface area contributed by atoms with Crippen LogP contribution in [0.4, 0.5) is 0 Å². The second-order valence-electron chi connectivity index (χ2n) is 8.29. The molecule has 2 aromatic carbocycles. The Morgan fingerprint density at radius 3 is 2.59 bits per heavy atom. The molecule has 4 rings (SSSR count). The van der Waals surface area contributed by atoms with Gasteiger partial charge in [-0.25, -0.2) is 9.59 Å². The molecule has 0 spiro atoms. The fourth-order valence-electron chi connectivity index (χ4n) is 4.13. The first-order valence-corrected chi connectivity index (χ1v) is 10.7. The maximum Gasteiger partial charge on any atom is 0.339 e. The predicted molar refractivity (Wildman–Crippen MR) is 125 cm³/mol. The van der Waals surface area contributed by atoms with Crippen molar-refractivity contribution in [3.63, 3.8) is 0 Å². The number of carboxylic acid groups (broad SMARTS) is 1. The zero-order valence-corrected chi connectivity index (χ0v) is 18.6. The summed E-state index contributed by atoms with van der Waals surface area (Å²) in [7, 11) is 0. The summed E-state index contributed by atoms with van der Waals surface area (Å²) in [6, 6.07) is 6.72. The number of aliphatic carboxylic acids is 1. The number of carbonyl (C=O) groups is 2. The molecule has 1 atom stereocenters. The Morgan fingerprint density at radius 2 is 1.85 bits per heavy atom. The molecule has 1 amide bonds. The quantitative estimate of drug-likeness (QED) is 0.264. The number of fused-ring (bicyclic) bond motifs is 2. The van der Waals surface area contributed by atoms with Crippen molar-refractivity contribution in [2.45, 2.75) is 39.2 Å². The molecule has 0 aliphatic rings. The number of phenols is 2. The van der Waals surface area contributed by atoms with Gasteiger partial charge in [-0.05, 0) is 61.7 Å². The summed E-state index contributed by atoms with van der Waals surface area (Å²) in [5.74, 6) is -1.64. The highest BCUT2D eigenvalue weighted by molar-refractivity contribution is 5.88. The van der Waals surface area contributed by atoms with Crippen molar-refractivity contribution < 1.29 is 29.3 Å². The molecule has 0 radical (unpaired) electrons. The normalized spacial score (nSPS) is 12.2. The molecule has 2 aromatic heterocycles. The van der Waals surface area contributed by atoms with Gasteiger partial charge in [-0.2, -0.15) is 0 Å². The molecule has 4 aromatic rings. The number of nitrogens with one attached hydrogen (secondary N) is 2. The first-order chi connectivity index (χ1) is 16.2. The largest absolute Gasteiger partial charge is 0.508 e. The van der Waals surface area contributed by atoms with Crippen molar-refractivity contribution in [3.8, 4) is 11.5 Å². The van der Waals surface area contributed by atoms with E-state index in [0.717, 1.165) is 5.52 Å². The van der Waals surface area contributed by atoms with Gasteiger partial charge in [-0.15, -0.1) is 0 Å². The third kappa shape index (κ3) is 4.32. The molecule has 9 nitrogen and oxygen atoms in total. The second kappa shape index (κ2) is 8.93. The number of aromatic nitrogens is 1. The van der Waals surface area contributed by atoms with Crippen LogP contribution in [0.1, 0.15) is 28.7 Å². The summed E-state index contributed by atoms with van der Waals surface area (Å²) in [6.07, 6.45) is 1.63. The number of phenolic OH excluding ortho intramolecular Hbond substituents is 2. The fraction of sp³-hybridized carbons (Fsp3) is 0.240. The van der Waals surface area contributed by atoms with E-state index in [0.29, 0.717) is 38.6 Å². The smallest absolute Gasteiger partial charge is 0.339 e. The molecular weight excluding hydrogens is 440 g/mol. The molecule has 0 unspecified atom stereocenters. The summed E-state index contributed by atoms with van der Waals surface area (Å²) in [4.78, 5) is 39.9. The molecule has 0 saturated heterocycles. The number of carbonyl (C=O) groups excluding carboxylic acids is 1. The monoisotopic (exact) mass is 464 g/mol. The maximum atomic E-state index is 12.6. The first-order valence-electron chi connectivity index (χ1n) is 10.7. The number of rotatable bonds is 7. The molecule has 9 heteroatoms. The van der Waals surface area contributed by atoms with Crippen LogP contribution in [-0.2, 0) is 22.4 Å². The van der Waals surface area contributed by atoms with Crippen LogP contribution >= 0.6 is 0 Å². The molecule has 0 bridgehead atoms. The summed E-state index contributed by atoms with van der Waals surface area (Å²) < 4.78 is 5.39. The second-order valence-corrected chi connectivity index (χ2v) is 8.29. The van der Waals surface area contributed by atoms with Crippen molar-refractivity contribution in [2.75, 3.05) is 0 Å². The van der Waals surface area contributed by atoms with Gasteiger partial charge in [0.2, 0.25) is 5.91 Å². The van der Waals surface area contributed by atoms with Gasteiger partial charge >= 0.3 is 11.6 Å². The molecule has 176 valence electrons. The highest BCUT2D eigenvalue weighted by atomic mass is 16.4. The minimum atomic E-state index is -1.19. The van der Waals surface area contributed by atoms with E-state index in [2.05, 4.69) is 10.3 Å². The van der Waals surface area contributed by atoms with Crippen LogP contribution in [0.25, 0.3) is 21.9 Å². The third-order valence-corrected chi connectivity index (χ3v) is 6.09. The summed E-state index contributed by atoms with van der Waals surface area (Å²) in [5.41, 5.74) is 2.51. The number of benzene rings is 2. The van der Waals surface area contributed by atoms with Crippen LogP contribution in [0.2, 0.25) is 0 Å². The van der Waals surface area contributed by atoms with Crippen molar-refractivity contribution >= 4 is 33.7 Å². The third-order valence-electron chi connectivity index (χ3n) is 6.09. The predicted octanol–water partition coefficient (Wildman–Crippen LogP) is 3.05. The number of aryl methyl sites for hydroxylation is 2. The van der Waals surface area contributed by atoms with E-state index in [1.165, 1.54) is 18.2 Å². The Kier molecular flexibility index (Phi) is 6.02. The van der Waals surface area contributed by atoms with Gasteiger partial charge < -0.3 is 30.0 Å². The van der Waals surface area contributed by atoms with Gasteiger partial charge in [0.05, 0.1) is 0 Å². The lowest BCUT2D eigenvalue weighted by molar-refractivity contribution is -0.141. The molecule has 34 heavy (non-hydrogen) atoms. The lowest BCUT2D eigenvalue weighted by Gasteiger charge is -2.15. The van der Waals surface area contributed by atoms with Crippen LogP contribution in [-0.4, -0.2) is 38.2 Å². The first kappa shape index (κ1) is 22.9. The number of aromatic amines is 1. The average molecular weight is 464 g/mol. The lowest BCUT2D eigenvalue weighted by atomic mass is 10.00. The fourth-order valence-corrected chi connectivity index (χ4v) is 4.13. The average Bonchev–Trinajstić information content (AvgIpc) is 3.17. The van der Waals surface area contributed by atoms with Crippen molar-refractivity contribution in [1.82, 2.24) is 10.3 Å². The topological polar surface area (TPSA) is 153 Å². The minimum absolute atomic E-state index is 0.0183. The Balaban J connectivity index is 1.49. The van der Waals surface area contributed by atoms with Crippen molar-refractivity contribution in [1.29, 1.82) is 0 Å². The SMILES string of the molecule is Cc1c(CCC(=O)N[C@H](Cc2c[nH]c3ccc(O)cc23)C(=O)O)c(=O)oc2c(C)c(O)ccc12. The molecule has 0 aliphatic carbocycles. The lowest BCUT2D eigenvalue weighted by Crippen LogP contribution is -2.42. The van der Waals surface area contributed by atoms with Crippen LogP contribution in [0.15, 0.2) is 45.7 Å². The summed E-state index contributed by atoms with van der Waals surface area (Å²) in [5, 5.41) is 33.1. The van der Waals surface area contributed by atoms with Crippen LogP contribution < -0.4 is 10.9 Å². The maximum absolute atomic E-state index is 12.6. The van der Waals surface area contributed by atoms with Gasteiger partial charge in [0.1, 0.15) is 23.1 Å². The van der Waals surface area contributed by atoms with E-state index < -0.39 is 23.5 Å². The standard InChI is InChI=1S/C25H24N2O7/c1-12-16-4-7-21(29)13(2)23(16)34-25(33)17(12)5-8-22(30)27-20(24(31)32)9-14-11-26-19-6-3-15(28)10-18(14)19/h3-4,6-7,10-11,20,26,28-29H,5,8-9H2,1-2H3,(H,27,30)(H,31,32)/t20-/m1/s1. The number of hydrogen-bond donors (Lipinski definition) is 5. The Hall–Kier alpha value is -4.27. The van der Waals surface area contributed by atoms with E-state index in [-0.39, 0.29) is 30.8 Å². The number of H-pyrrole nitrogens is 1. The molecule has 2 heterocycles. The highest BCUT2D eigenvalue weighted by Crippen LogP contribution is 2.29. The van der Waals surface area contributed by atoms with E-state index >= 15 is 0 Å². The summed E-state index contributed by atoms with van der Waals surface area (Å²) in [6.45, 7) is 3.39. The summed E-state index contributed by atoms with van der Waals surface area (Å²) >= 11 is 0. The molecule has 0 aliphatic heterocycles. The number of amides is 1. The zero-order chi connectivity index (χ0) is 24.6. The number of aromatic hydroxyl groups is 2. The van der Waals surface area contributed by atoms with Gasteiger partial charge in [-0.3, -0.25) is 4.79 Å². The number of hydrogen-bond acceptors (Lipinski definition) is 6. The van der Waals surface area contributed by atoms with E-state index in [4.69, 9.17) is 4.42 Å². The van der Waals surface area contributed by atoms with Crippen LogP contribution in [0.3, 0.4) is 0 Å². The van der Waals surface area contributed by atoms with Crippen LogP contribution in [0.5, 0.6) is 11.5 Å². The van der Waals surface area contributed by atoms with Crippen molar-refractivity contribution in [2.24, 2.45) is 0 Å². The van der Waals surface area contributed by atoms with Gasteiger partial charge in [0.25, 0.3) is 0 Å². The van der Waals surface area contributed by atoms with E-state index in [1.807, 2.05) is 0 Å². The number of carboxylic acids is 1. The minimum Gasteiger partial charge on any atom is -0.508 e. The van der Waals surface area contributed by atoms with E-state index in [1.54, 1.807) is 32.2 Å². The van der Waals surface area contributed by atoms with Crippen LogP contribution in [0, 0.1) is 13.8 Å². The molecular formula is C25H24N2O7. The Bertz CT molecular complexity index is 1480. The Morgan fingerprint density at radius 1 is 1.09 bits per heavy atom. The molecule has 0 fully saturated rings.